The maximum absolute atomic E-state index is 5.68. The van der Waals surface area contributed by atoms with Crippen molar-refractivity contribution in [3.8, 4) is 28.7 Å². The Morgan fingerprint density at radius 2 is 1.34 bits per heavy atom. The number of rotatable bonds is 11. The molecule has 1 aliphatic rings. The highest BCUT2D eigenvalue weighted by Gasteiger charge is 2.19. The lowest BCUT2D eigenvalue weighted by Gasteiger charge is -2.25. The minimum absolute atomic E-state index is 0.589. The Morgan fingerprint density at radius 3 is 2.00 bits per heavy atom. The Morgan fingerprint density at radius 1 is 0.719 bits per heavy atom. The first-order chi connectivity index (χ1) is 15.8. The standard InChI is InChI=1S/C31H42O/c1-3-5-6-7-8-9-10-26-11-13-27(14-12-26)15-16-28-17-19-29(20-18-28)30-21-23-31(24-22-30)32-25-4-2/h17-24,26-27H,3-14,25H2,1-2H3. The van der Waals surface area contributed by atoms with Gasteiger partial charge < -0.3 is 4.74 Å². The van der Waals surface area contributed by atoms with Crippen LogP contribution in [0.4, 0.5) is 0 Å². The Hall–Kier alpha value is -2.20. The monoisotopic (exact) mass is 430 g/mol. The zero-order valence-corrected chi connectivity index (χ0v) is 20.4. The van der Waals surface area contributed by atoms with E-state index in [1.54, 1.807) is 0 Å². The van der Waals surface area contributed by atoms with Crippen LogP contribution in [0.5, 0.6) is 5.75 Å². The molecule has 0 saturated heterocycles. The summed E-state index contributed by atoms with van der Waals surface area (Å²) in [6, 6.07) is 17.1. The normalized spacial score (nSPS) is 18.1. The Labute approximate surface area is 197 Å². The summed E-state index contributed by atoms with van der Waals surface area (Å²) in [6.07, 6.45) is 16.3. The van der Waals surface area contributed by atoms with Crippen molar-refractivity contribution in [2.75, 3.05) is 6.61 Å². The zero-order chi connectivity index (χ0) is 22.4. The lowest BCUT2D eigenvalue weighted by Crippen LogP contribution is -2.13. The van der Waals surface area contributed by atoms with Gasteiger partial charge in [0.05, 0.1) is 6.61 Å². The van der Waals surface area contributed by atoms with E-state index in [9.17, 15) is 0 Å². The lowest BCUT2D eigenvalue weighted by molar-refractivity contribution is 0.293. The molecule has 2 aromatic rings. The number of hydrogen-bond donors (Lipinski definition) is 0. The Bertz CT molecular complexity index is 814. The molecular formula is C31H42O. The highest BCUT2D eigenvalue weighted by molar-refractivity contribution is 5.65. The van der Waals surface area contributed by atoms with E-state index in [0.29, 0.717) is 5.92 Å². The number of benzene rings is 2. The van der Waals surface area contributed by atoms with Crippen molar-refractivity contribution in [1.29, 1.82) is 0 Å². The molecule has 0 radical (unpaired) electrons. The third-order valence-electron chi connectivity index (χ3n) is 6.78. The first kappa shape index (κ1) is 24.4. The lowest BCUT2D eigenvalue weighted by atomic mass is 9.80. The van der Waals surface area contributed by atoms with Crippen LogP contribution >= 0.6 is 0 Å². The Kier molecular flexibility index (Phi) is 10.7. The van der Waals surface area contributed by atoms with Gasteiger partial charge in [-0.1, -0.05) is 94.9 Å². The maximum atomic E-state index is 5.68. The van der Waals surface area contributed by atoms with E-state index >= 15 is 0 Å². The van der Waals surface area contributed by atoms with Crippen LogP contribution in [0.2, 0.25) is 0 Å². The second-order valence-electron chi connectivity index (χ2n) is 9.49. The van der Waals surface area contributed by atoms with E-state index in [2.05, 4.69) is 74.2 Å². The fourth-order valence-corrected chi connectivity index (χ4v) is 4.70. The van der Waals surface area contributed by atoms with Crippen molar-refractivity contribution in [2.24, 2.45) is 11.8 Å². The van der Waals surface area contributed by atoms with Crippen molar-refractivity contribution in [1.82, 2.24) is 0 Å². The van der Waals surface area contributed by atoms with Crippen LogP contribution in [-0.4, -0.2) is 6.61 Å². The van der Waals surface area contributed by atoms with Crippen molar-refractivity contribution in [3.63, 3.8) is 0 Å². The van der Waals surface area contributed by atoms with Crippen LogP contribution in [0.3, 0.4) is 0 Å². The third-order valence-corrected chi connectivity index (χ3v) is 6.78. The summed E-state index contributed by atoms with van der Waals surface area (Å²) in [6.45, 7) is 5.19. The van der Waals surface area contributed by atoms with Crippen molar-refractivity contribution >= 4 is 0 Å². The molecule has 0 aromatic heterocycles. The molecule has 0 unspecified atom stereocenters. The minimum atomic E-state index is 0.589. The zero-order valence-electron chi connectivity index (χ0n) is 20.4. The molecule has 2 aromatic carbocycles. The number of ether oxygens (including phenoxy) is 1. The molecule has 0 bridgehead atoms. The van der Waals surface area contributed by atoms with Gasteiger partial charge in [0.1, 0.15) is 5.75 Å². The molecule has 0 N–H and O–H groups in total. The van der Waals surface area contributed by atoms with Gasteiger partial charge in [-0.3, -0.25) is 0 Å². The molecule has 1 aliphatic carbocycles. The molecule has 1 nitrogen and oxygen atoms in total. The molecule has 0 heterocycles. The molecule has 0 atom stereocenters. The molecule has 1 heteroatoms. The van der Waals surface area contributed by atoms with Gasteiger partial charge in [0.25, 0.3) is 0 Å². The van der Waals surface area contributed by atoms with Crippen molar-refractivity contribution in [3.05, 3.63) is 54.1 Å². The van der Waals surface area contributed by atoms with Crippen LogP contribution in [-0.2, 0) is 0 Å². The van der Waals surface area contributed by atoms with Gasteiger partial charge in [0.15, 0.2) is 0 Å². The van der Waals surface area contributed by atoms with Crippen LogP contribution in [0.15, 0.2) is 48.5 Å². The molecule has 172 valence electrons. The van der Waals surface area contributed by atoms with Crippen LogP contribution < -0.4 is 4.74 Å². The summed E-state index contributed by atoms with van der Waals surface area (Å²) in [5.41, 5.74) is 3.58. The van der Waals surface area contributed by atoms with Gasteiger partial charge in [-0.15, -0.1) is 0 Å². The molecule has 1 saturated carbocycles. The molecular weight excluding hydrogens is 388 g/mol. The highest BCUT2D eigenvalue weighted by Crippen LogP contribution is 2.32. The molecule has 0 aliphatic heterocycles. The summed E-state index contributed by atoms with van der Waals surface area (Å²) in [5.74, 6) is 9.50. The van der Waals surface area contributed by atoms with Gasteiger partial charge in [0, 0.05) is 11.5 Å². The van der Waals surface area contributed by atoms with Gasteiger partial charge >= 0.3 is 0 Å². The van der Waals surface area contributed by atoms with E-state index in [1.165, 1.54) is 81.8 Å². The minimum Gasteiger partial charge on any atom is -0.494 e. The highest BCUT2D eigenvalue weighted by atomic mass is 16.5. The first-order valence-electron chi connectivity index (χ1n) is 13.1. The summed E-state index contributed by atoms with van der Waals surface area (Å²) in [5, 5.41) is 0. The van der Waals surface area contributed by atoms with E-state index in [-0.39, 0.29) is 0 Å². The van der Waals surface area contributed by atoms with Crippen LogP contribution in [0.25, 0.3) is 11.1 Å². The molecule has 1 fully saturated rings. The maximum Gasteiger partial charge on any atom is 0.119 e. The summed E-state index contributed by atoms with van der Waals surface area (Å²) in [4.78, 5) is 0. The summed E-state index contributed by atoms with van der Waals surface area (Å²) in [7, 11) is 0. The molecule has 0 amide bonds. The van der Waals surface area contributed by atoms with Gasteiger partial charge in [-0.2, -0.15) is 0 Å². The van der Waals surface area contributed by atoms with Gasteiger partial charge in [-0.05, 0) is 73.4 Å². The largest absolute Gasteiger partial charge is 0.494 e. The summed E-state index contributed by atoms with van der Waals surface area (Å²) < 4.78 is 5.68. The van der Waals surface area contributed by atoms with Crippen LogP contribution in [0, 0.1) is 23.7 Å². The van der Waals surface area contributed by atoms with Crippen molar-refractivity contribution in [2.45, 2.75) is 90.9 Å². The first-order valence-corrected chi connectivity index (χ1v) is 13.1. The van der Waals surface area contributed by atoms with Crippen LogP contribution in [0.1, 0.15) is 96.5 Å². The van der Waals surface area contributed by atoms with E-state index in [1.807, 2.05) is 0 Å². The van der Waals surface area contributed by atoms with Gasteiger partial charge in [-0.25, -0.2) is 0 Å². The molecule has 32 heavy (non-hydrogen) atoms. The molecule has 3 rings (SSSR count). The SMILES string of the molecule is CCCCCCCCC1CCC(C#Cc2ccc(-c3ccc(OCCC)cc3)cc2)CC1. The summed E-state index contributed by atoms with van der Waals surface area (Å²) >= 11 is 0. The number of hydrogen-bond acceptors (Lipinski definition) is 1. The number of unbranched alkanes of at least 4 members (excludes halogenated alkanes) is 5. The molecule has 0 spiro atoms. The smallest absolute Gasteiger partial charge is 0.119 e. The second-order valence-corrected chi connectivity index (χ2v) is 9.49. The fraction of sp³-hybridized carbons (Fsp3) is 0.548. The van der Waals surface area contributed by atoms with E-state index < -0.39 is 0 Å². The third kappa shape index (κ3) is 8.38. The quantitative estimate of drug-likeness (QED) is 0.255. The second kappa shape index (κ2) is 14.1. The fourth-order valence-electron chi connectivity index (χ4n) is 4.70. The van der Waals surface area contributed by atoms with Gasteiger partial charge in [0.2, 0.25) is 0 Å². The average molecular weight is 431 g/mol. The van der Waals surface area contributed by atoms with Crippen molar-refractivity contribution < 1.29 is 4.74 Å². The predicted molar refractivity (Wildman–Crippen MR) is 138 cm³/mol. The predicted octanol–water partition coefficient (Wildman–Crippen LogP) is 9.05. The topological polar surface area (TPSA) is 9.23 Å². The van der Waals surface area contributed by atoms with E-state index in [4.69, 9.17) is 4.74 Å². The average Bonchev–Trinajstić information content (AvgIpc) is 2.85. The Balaban J connectivity index is 1.40. The van der Waals surface area contributed by atoms with E-state index in [0.717, 1.165) is 30.3 Å².